The van der Waals surface area contributed by atoms with Crippen LogP contribution in [0.15, 0.2) is 36.4 Å². The second kappa shape index (κ2) is 10.9. The third kappa shape index (κ3) is 5.59. The molecule has 1 aliphatic rings. The van der Waals surface area contributed by atoms with Crippen LogP contribution in [0.4, 0.5) is 5.69 Å². The van der Waals surface area contributed by atoms with Gasteiger partial charge >= 0.3 is 0 Å². The molecule has 0 unspecified atom stereocenters. The number of anilines is 1. The van der Waals surface area contributed by atoms with Gasteiger partial charge in [0, 0.05) is 38.3 Å². The summed E-state index contributed by atoms with van der Waals surface area (Å²) in [5.74, 6) is 2.56. The van der Waals surface area contributed by atoms with Crippen LogP contribution in [0, 0.1) is 0 Å². The van der Waals surface area contributed by atoms with Crippen LogP contribution < -0.4 is 24.3 Å². The molecule has 1 N–H and O–H groups in total. The van der Waals surface area contributed by atoms with Crippen molar-refractivity contribution in [3.05, 3.63) is 42.0 Å². The number of carbonyl (C=O) groups is 1. The highest BCUT2D eigenvalue weighted by Crippen LogP contribution is 2.40. The van der Waals surface area contributed by atoms with Gasteiger partial charge in [0.05, 0.1) is 40.7 Å². The molecule has 0 aromatic heterocycles. The quantitative estimate of drug-likeness (QED) is 0.657. The van der Waals surface area contributed by atoms with Crippen LogP contribution in [0.3, 0.4) is 0 Å². The average Bonchev–Trinajstić information content (AvgIpc) is 2.80. The normalized spacial score (nSPS) is 14.7. The van der Waals surface area contributed by atoms with Gasteiger partial charge in [0.15, 0.2) is 11.5 Å². The number of methoxy groups -OCH3 is 4. The van der Waals surface area contributed by atoms with E-state index in [4.69, 9.17) is 18.9 Å². The number of amides is 1. The summed E-state index contributed by atoms with van der Waals surface area (Å²) in [6.07, 6.45) is 0. The van der Waals surface area contributed by atoms with Crippen LogP contribution in [0.1, 0.15) is 5.56 Å². The lowest BCUT2D eigenvalue weighted by Gasteiger charge is -2.34. The minimum Gasteiger partial charge on any atom is -0.495 e. The van der Waals surface area contributed by atoms with E-state index < -0.39 is 0 Å². The minimum absolute atomic E-state index is 0.0421. The monoisotopic (exact) mass is 429 g/mol. The molecule has 8 heteroatoms. The number of carbonyl (C=O) groups excluding carboxylic acids is 1. The molecular formula is C23H31N3O5. The van der Waals surface area contributed by atoms with Crippen molar-refractivity contribution in [2.45, 2.75) is 6.54 Å². The van der Waals surface area contributed by atoms with E-state index in [1.807, 2.05) is 36.4 Å². The third-order valence-corrected chi connectivity index (χ3v) is 5.39. The first kappa shape index (κ1) is 22.7. The fourth-order valence-electron chi connectivity index (χ4n) is 3.77. The molecule has 2 aromatic carbocycles. The molecule has 0 spiro atoms. The Morgan fingerprint density at radius 3 is 2.10 bits per heavy atom. The molecule has 8 nitrogen and oxygen atoms in total. The molecule has 2 aromatic rings. The first-order valence-electron chi connectivity index (χ1n) is 10.2. The molecular weight excluding hydrogens is 398 g/mol. The summed E-state index contributed by atoms with van der Waals surface area (Å²) >= 11 is 0. The number of rotatable bonds is 9. The maximum Gasteiger partial charge on any atom is 0.238 e. The lowest BCUT2D eigenvalue weighted by atomic mass is 10.1. The molecule has 3 rings (SSSR count). The van der Waals surface area contributed by atoms with Crippen molar-refractivity contribution in [2.75, 3.05) is 66.5 Å². The SMILES string of the molecule is COc1ccccc1NC(=O)CN1CCN(Cc2ccc(OC)c(OC)c2OC)CC1. The Hall–Kier alpha value is -2.97. The molecule has 168 valence electrons. The Morgan fingerprint density at radius 1 is 0.806 bits per heavy atom. The van der Waals surface area contributed by atoms with Crippen LogP contribution in [-0.4, -0.2) is 76.9 Å². The largest absolute Gasteiger partial charge is 0.495 e. The summed E-state index contributed by atoms with van der Waals surface area (Å²) in [5, 5.41) is 2.94. The topological polar surface area (TPSA) is 72.5 Å². The average molecular weight is 430 g/mol. The summed E-state index contributed by atoms with van der Waals surface area (Å²) < 4.78 is 21.7. The minimum atomic E-state index is -0.0421. The zero-order valence-corrected chi connectivity index (χ0v) is 18.6. The van der Waals surface area contributed by atoms with Gasteiger partial charge in [-0.3, -0.25) is 14.6 Å². The van der Waals surface area contributed by atoms with Crippen LogP contribution in [0.2, 0.25) is 0 Å². The van der Waals surface area contributed by atoms with Gasteiger partial charge in [-0.25, -0.2) is 0 Å². The standard InChI is InChI=1S/C23H31N3O5/c1-28-19-8-6-5-7-18(19)24-21(27)16-26-13-11-25(12-14-26)15-17-9-10-20(29-2)23(31-4)22(17)30-3/h5-10H,11-16H2,1-4H3,(H,24,27). The number of piperazine rings is 1. The predicted octanol–water partition coefficient (Wildman–Crippen LogP) is 2.48. The van der Waals surface area contributed by atoms with Crippen molar-refractivity contribution in [1.82, 2.24) is 9.80 Å². The number of para-hydroxylation sites is 2. The number of benzene rings is 2. The van der Waals surface area contributed by atoms with E-state index in [0.29, 0.717) is 35.2 Å². The van der Waals surface area contributed by atoms with Crippen molar-refractivity contribution in [3.8, 4) is 23.0 Å². The van der Waals surface area contributed by atoms with Crippen molar-refractivity contribution in [3.63, 3.8) is 0 Å². The maximum atomic E-state index is 12.5. The molecule has 1 saturated heterocycles. The Labute approximate surface area is 183 Å². The van der Waals surface area contributed by atoms with Crippen molar-refractivity contribution in [2.24, 2.45) is 0 Å². The molecule has 0 bridgehead atoms. The number of nitrogens with one attached hydrogen (secondary N) is 1. The van der Waals surface area contributed by atoms with Crippen LogP contribution in [0.25, 0.3) is 0 Å². The van der Waals surface area contributed by atoms with Crippen molar-refractivity contribution < 1.29 is 23.7 Å². The smallest absolute Gasteiger partial charge is 0.238 e. The van der Waals surface area contributed by atoms with Gasteiger partial charge in [-0.1, -0.05) is 18.2 Å². The van der Waals surface area contributed by atoms with Crippen LogP contribution >= 0.6 is 0 Å². The lowest BCUT2D eigenvalue weighted by Crippen LogP contribution is -2.48. The molecule has 1 amide bonds. The molecule has 1 aliphatic heterocycles. The van der Waals surface area contributed by atoms with E-state index >= 15 is 0 Å². The van der Waals surface area contributed by atoms with Crippen LogP contribution in [0.5, 0.6) is 23.0 Å². The van der Waals surface area contributed by atoms with Gasteiger partial charge in [0.25, 0.3) is 0 Å². The summed E-state index contributed by atoms with van der Waals surface area (Å²) in [6.45, 7) is 4.44. The van der Waals surface area contributed by atoms with E-state index in [2.05, 4.69) is 15.1 Å². The Kier molecular flexibility index (Phi) is 7.97. The van der Waals surface area contributed by atoms with Gasteiger partial charge in [-0.2, -0.15) is 0 Å². The first-order chi connectivity index (χ1) is 15.1. The van der Waals surface area contributed by atoms with Gasteiger partial charge in [-0.15, -0.1) is 0 Å². The molecule has 1 fully saturated rings. The number of hydrogen-bond donors (Lipinski definition) is 1. The fourth-order valence-corrected chi connectivity index (χ4v) is 3.77. The molecule has 0 radical (unpaired) electrons. The first-order valence-corrected chi connectivity index (χ1v) is 10.2. The molecule has 0 aliphatic carbocycles. The zero-order valence-electron chi connectivity index (χ0n) is 18.6. The van der Waals surface area contributed by atoms with Crippen molar-refractivity contribution in [1.29, 1.82) is 0 Å². The van der Waals surface area contributed by atoms with Crippen molar-refractivity contribution >= 4 is 11.6 Å². The summed E-state index contributed by atoms with van der Waals surface area (Å²) in [4.78, 5) is 17.0. The van der Waals surface area contributed by atoms with Gasteiger partial charge in [-0.05, 0) is 18.2 Å². The second-order valence-corrected chi connectivity index (χ2v) is 7.29. The Bertz CT molecular complexity index is 882. The highest BCUT2D eigenvalue weighted by atomic mass is 16.5. The highest BCUT2D eigenvalue weighted by molar-refractivity contribution is 5.93. The van der Waals surface area contributed by atoms with Gasteiger partial charge in [0.1, 0.15) is 5.75 Å². The summed E-state index contributed by atoms with van der Waals surface area (Å²) in [5.41, 5.74) is 1.73. The van der Waals surface area contributed by atoms with E-state index in [1.54, 1.807) is 28.4 Å². The molecule has 1 heterocycles. The number of ether oxygens (including phenoxy) is 4. The maximum absolute atomic E-state index is 12.5. The third-order valence-electron chi connectivity index (χ3n) is 5.39. The Morgan fingerprint density at radius 2 is 1.45 bits per heavy atom. The highest BCUT2D eigenvalue weighted by Gasteiger charge is 2.22. The summed E-state index contributed by atoms with van der Waals surface area (Å²) in [7, 11) is 6.45. The number of nitrogens with zero attached hydrogens (tertiary/aromatic N) is 2. The lowest BCUT2D eigenvalue weighted by molar-refractivity contribution is -0.117. The molecule has 31 heavy (non-hydrogen) atoms. The summed E-state index contributed by atoms with van der Waals surface area (Å²) in [6, 6.07) is 11.3. The predicted molar refractivity (Wildman–Crippen MR) is 119 cm³/mol. The van der Waals surface area contributed by atoms with E-state index in [0.717, 1.165) is 38.3 Å². The number of hydrogen-bond acceptors (Lipinski definition) is 7. The van der Waals surface area contributed by atoms with E-state index in [1.165, 1.54) is 0 Å². The molecule has 0 atom stereocenters. The van der Waals surface area contributed by atoms with E-state index in [-0.39, 0.29) is 5.91 Å². The van der Waals surface area contributed by atoms with E-state index in [9.17, 15) is 4.79 Å². The molecule has 0 saturated carbocycles. The van der Waals surface area contributed by atoms with Gasteiger partial charge < -0.3 is 24.3 Å². The fraction of sp³-hybridized carbons (Fsp3) is 0.435. The van der Waals surface area contributed by atoms with Gasteiger partial charge in [0.2, 0.25) is 11.7 Å². The second-order valence-electron chi connectivity index (χ2n) is 7.29. The zero-order chi connectivity index (χ0) is 22.2. The van der Waals surface area contributed by atoms with Crippen LogP contribution in [-0.2, 0) is 11.3 Å². The Balaban J connectivity index is 1.54.